The van der Waals surface area contributed by atoms with Crippen LogP contribution in [-0.2, 0) is 10.2 Å². The van der Waals surface area contributed by atoms with Crippen molar-refractivity contribution in [2.24, 2.45) is 10.7 Å². The predicted octanol–water partition coefficient (Wildman–Crippen LogP) is 4.66. The number of amides is 3. The molecule has 0 unspecified atom stereocenters. The molecule has 0 bridgehead atoms. The van der Waals surface area contributed by atoms with Crippen molar-refractivity contribution in [3.8, 4) is 11.4 Å². The molecule has 4 N–H and O–H groups in total. The molecule has 2 heterocycles. The molecule has 3 amide bonds. The third kappa shape index (κ3) is 7.60. The highest BCUT2D eigenvalue weighted by Crippen LogP contribution is 2.27. The lowest BCUT2D eigenvalue weighted by Gasteiger charge is -2.14. The number of nitrogens with one attached hydrogen (secondary N) is 2. The summed E-state index contributed by atoms with van der Waals surface area (Å²) < 4.78 is 22.0. The lowest BCUT2D eigenvalue weighted by atomic mass is 9.92. The van der Waals surface area contributed by atoms with Crippen LogP contribution in [0, 0.1) is 12.7 Å². The number of primary amides is 1. The van der Waals surface area contributed by atoms with E-state index >= 15 is 0 Å². The highest BCUT2D eigenvalue weighted by molar-refractivity contribution is 5.99. The maximum Gasteiger partial charge on any atom is 0.324 e. The van der Waals surface area contributed by atoms with E-state index in [-0.39, 0.29) is 22.6 Å². The second-order valence-corrected chi connectivity index (χ2v) is 9.27. The Balaban J connectivity index is 1.79. The van der Waals surface area contributed by atoms with Crippen molar-refractivity contribution in [3.63, 3.8) is 0 Å². The van der Waals surface area contributed by atoms with Gasteiger partial charge in [-0.3, -0.25) is 20.1 Å². The van der Waals surface area contributed by atoms with E-state index in [1.807, 2.05) is 39.8 Å². The predicted molar refractivity (Wildman–Crippen MR) is 145 cm³/mol. The SMILES string of the molecule is C\N=C/C=C(\C=C\C(N)=O)Oc1ccc(NC(=O)Nc2cc(C(C)(C)C)nn2-c2ccc(C)nc2)c(F)c1. The number of carbonyl (C=O) groups excluding carboxylic acids is 2. The molecule has 198 valence electrons. The van der Waals surface area contributed by atoms with Crippen LogP contribution in [-0.4, -0.2) is 40.0 Å². The summed E-state index contributed by atoms with van der Waals surface area (Å²) in [6.07, 6.45) is 7.02. The van der Waals surface area contributed by atoms with Gasteiger partial charge < -0.3 is 15.8 Å². The molecule has 0 radical (unpaired) electrons. The lowest BCUT2D eigenvalue weighted by Crippen LogP contribution is -2.22. The number of aryl methyl sites for hydroxylation is 1. The largest absolute Gasteiger partial charge is 0.457 e. The quantitative estimate of drug-likeness (QED) is 0.172. The lowest BCUT2D eigenvalue weighted by molar-refractivity contribution is -0.113. The molecule has 2 aromatic heterocycles. The van der Waals surface area contributed by atoms with Crippen molar-refractivity contribution >= 4 is 29.7 Å². The molecule has 0 atom stereocenters. The van der Waals surface area contributed by atoms with Crippen LogP contribution >= 0.6 is 0 Å². The minimum absolute atomic E-state index is 0.0673. The van der Waals surface area contributed by atoms with E-state index in [0.717, 1.165) is 23.5 Å². The maximum absolute atomic E-state index is 14.8. The number of aromatic nitrogens is 3. The summed E-state index contributed by atoms with van der Waals surface area (Å²) in [5.74, 6) is -0.656. The van der Waals surface area contributed by atoms with Gasteiger partial charge in [0.1, 0.15) is 23.1 Å². The number of carbonyl (C=O) groups is 2. The average Bonchev–Trinajstić information content (AvgIpc) is 3.27. The summed E-state index contributed by atoms with van der Waals surface area (Å²) in [5, 5.41) is 9.88. The molecule has 0 saturated heterocycles. The van der Waals surface area contributed by atoms with Gasteiger partial charge in [0.15, 0.2) is 0 Å². The van der Waals surface area contributed by atoms with Crippen LogP contribution in [0.4, 0.5) is 20.7 Å². The molecular formula is C27H30FN7O3. The normalized spacial score (nSPS) is 12.2. The van der Waals surface area contributed by atoms with Crippen molar-refractivity contribution in [3.05, 3.63) is 83.8 Å². The molecule has 3 aromatic rings. The minimum atomic E-state index is -0.730. The first-order chi connectivity index (χ1) is 18.0. The second-order valence-electron chi connectivity index (χ2n) is 9.27. The summed E-state index contributed by atoms with van der Waals surface area (Å²) in [7, 11) is 1.56. The topological polar surface area (TPSA) is 137 Å². The molecule has 11 heteroatoms. The van der Waals surface area contributed by atoms with Crippen LogP contribution in [0.2, 0.25) is 0 Å². The zero-order valence-electron chi connectivity index (χ0n) is 21.8. The van der Waals surface area contributed by atoms with E-state index < -0.39 is 17.8 Å². The van der Waals surface area contributed by atoms with Gasteiger partial charge in [0.2, 0.25) is 5.91 Å². The Morgan fingerprint density at radius 1 is 1.13 bits per heavy atom. The number of halogens is 1. The summed E-state index contributed by atoms with van der Waals surface area (Å²) in [6.45, 7) is 7.90. The average molecular weight is 520 g/mol. The third-order valence-corrected chi connectivity index (χ3v) is 5.08. The summed E-state index contributed by atoms with van der Waals surface area (Å²) >= 11 is 0. The van der Waals surface area contributed by atoms with Crippen LogP contribution in [0.1, 0.15) is 32.2 Å². The number of benzene rings is 1. The monoisotopic (exact) mass is 519 g/mol. The van der Waals surface area contributed by atoms with Crippen molar-refractivity contribution in [2.75, 3.05) is 17.7 Å². The van der Waals surface area contributed by atoms with Gasteiger partial charge in [-0.05, 0) is 43.3 Å². The number of ether oxygens (including phenoxy) is 1. The zero-order chi connectivity index (χ0) is 27.9. The van der Waals surface area contributed by atoms with Gasteiger partial charge in [-0.2, -0.15) is 5.10 Å². The molecule has 0 spiro atoms. The minimum Gasteiger partial charge on any atom is -0.457 e. The maximum atomic E-state index is 14.8. The van der Waals surface area contributed by atoms with Gasteiger partial charge in [0, 0.05) is 42.6 Å². The first-order valence-corrected chi connectivity index (χ1v) is 11.6. The van der Waals surface area contributed by atoms with E-state index in [1.54, 1.807) is 24.0 Å². The zero-order valence-corrected chi connectivity index (χ0v) is 21.8. The van der Waals surface area contributed by atoms with E-state index in [4.69, 9.17) is 10.5 Å². The van der Waals surface area contributed by atoms with Gasteiger partial charge >= 0.3 is 6.03 Å². The Labute approximate surface area is 220 Å². The number of hydrogen-bond acceptors (Lipinski definition) is 6. The van der Waals surface area contributed by atoms with Crippen molar-refractivity contribution in [1.29, 1.82) is 0 Å². The molecular weight excluding hydrogens is 489 g/mol. The summed E-state index contributed by atoms with van der Waals surface area (Å²) in [6, 6.07) is 8.71. The number of anilines is 2. The van der Waals surface area contributed by atoms with Gasteiger partial charge in [-0.1, -0.05) is 20.8 Å². The Hall–Kier alpha value is -4.80. The first-order valence-electron chi connectivity index (χ1n) is 11.6. The highest BCUT2D eigenvalue weighted by Gasteiger charge is 2.22. The van der Waals surface area contributed by atoms with Crippen molar-refractivity contribution in [1.82, 2.24) is 14.8 Å². The molecule has 0 aliphatic heterocycles. The number of pyridine rings is 1. The molecule has 10 nitrogen and oxygen atoms in total. The van der Waals surface area contributed by atoms with Crippen molar-refractivity contribution < 1.29 is 18.7 Å². The third-order valence-electron chi connectivity index (χ3n) is 5.08. The molecule has 38 heavy (non-hydrogen) atoms. The molecule has 0 saturated carbocycles. The van der Waals surface area contributed by atoms with Crippen LogP contribution in [0.3, 0.4) is 0 Å². The van der Waals surface area contributed by atoms with Crippen LogP contribution in [0.25, 0.3) is 5.69 Å². The van der Waals surface area contributed by atoms with Gasteiger partial charge in [-0.25, -0.2) is 13.9 Å². The second kappa shape index (κ2) is 12.0. The van der Waals surface area contributed by atoms with Gasteiger partial charge in [0.25, 0.3) is 0 Å². The number of urea groups is 1. The first kappa shape index (κ1) is 27.8. The number of nitrogens with zero attached hydrogens (tertiary/aromatic N) is 4. The molecule has 0 aliphatic carbocycles. The van der Waals surface area contributed by atoms with Crippen molar-refractivity contribution in [2.45, 2.75) is 33.1 Å². The number of nitrogens with two attached hydrogens (primary N) is 1. The van der Waals surface area contributed by atoms with Crippen LogP contribution in [0.5, 0.6) is 5.75 Å². The van der Waals surface area contributed by atoms with E-state index in [2.05, 4.69) is 25.7 Å². The Morgan fingerprint density at radius 2 is 1.89 bits per heavy atom. The Morgan fingerprint density at radius 3 is 2.50 bits per heavy atom. The molecule has 1 aromatic carbocycles. The number of hydrogen-bond donors (Lipinski definition) is 3. The van der Waals surface area contributed by atoms with E-state index in [0.29, 0.717) is 11.5 Å². The van der Waals surface area contributed by atoms with Gasteiger partial charge in [0.05, 0.1) is 23.3 Å². The van der Waals surface area contributed by atoms with E-state index in [1.165, 1.54) is 30.5 Å². The van der Waals surface area contributed by atoms with E-state index in [9.17, 15) is 14.0 Å². The molecule has 0 aliphatic rings. The number of rotatable bonds is 8. The van der Waals surface area contributed by atoms with Crippen LogP contribution in [0.15, 0.2) is 71.6 Å². The Kier molecular flexibility index (Phi) is 8.74. The molecule has 0 fully saturated rings. The Bertz CT molecular complexity index is 1400. The summed E-state index contributed by atoms with van der Waals surface area (Å²) in [4.78, 5) is 32.0. The van der Waals surface area contributed by atoms with Gasteiger partial charge in [-0.15, -0.1) is 0 Å². The summed E-state index contributed by atoms with van der Waals surface area (Å²) in [5.41, 5.74) is 7.04. The fraction of sp³-hybridized carbons (Fsp3) is 0.222. The number of aliphatic imine (C=N–C) groups is 1. The van der Waals surface area contributed by atoms with Crippen LogP contribution < -0.4 is 21.1 Å². The smallest absolute Gasteiger partial charge is 0.324 e. The fourth-order valence-corrected chi connectivity index (χ4v) is 3.12. The number of allylic oxidation sites excluding steroid dienone is 2. The fourth-order valence-electron chi connectivity index (χ4n) is 3.12. The standard InChI is InChI=1S/C27H30FN7O3/c1-17-6-7-18(16-31-17)35-25(15-23(34-35)27(2,3)4)33-26(37)32-22-10-8-20(14-21(22)28)38-19(12-13-30-5)9-11-24(29)36/h6-16H,1-5H3,(H2,29,36)(H2,32,33,37)/b11-9+,19-12+,30-13-. The highest BCUT2D eigenvalue weighted by atomic mass is 19.1. The molecule has 3 rings (SSSR count).